The molecule has 1 amide bonds. The van der Waals surface area contributed by atoms with Crippen molar-refractivity contribution in [2.75, 3.05) is 26.2 Å². The van der Waals surface area contributed by atoms with Crippen molar-refractivity contribution in [3.63, 3.8) is 0 Å². The summed E-state index contributed by atoms with van der Waals surface area (Å²) >= 11 is 0. The molecule has 1 aliphatic carbocycles. The fourth-order valence-corrected chi connectivity index (χ4v) is 4.43. The summed E-state index contributed by atoms with van der Waals surface area (Å²) in [6.07, 6.45) is 2.26. The maximum absolute atomic E-state index is 12.2. The number of hydrogen-bond acceptors (Lipinski definition) is 3. The molecule has 2 saturated heterocycles. The van der Waals surface area contributed by atoms with Crippen molar-refractivity contribution >= 4 is 11.9 Å². The number of rotatable bonds is 3. The molecule has 3 fully saturated rings. The lowest BCUT2D eigenvalue weighted by Crippen LogP contribution is -2.48. The van der Waals surface area contributed by atoms with Gasteiger partial charge in [-0.05, 0) is 69.5 Å². The van der Waals surface area contributed by atoms with E-state index in [9.17, 15) is 18.0 Å². The van der Waals surface area contributed by atoms with E-state index in [2.05, 4.69) is 41.0 Å². The zero-order valence-corrected chi connectivity index (χ0v) is 18.0. The second-order valence-corrected chi connectivity index (χ2v) is 9.16. The first-order chi connectivity index (χ1) is 14.6. The summed E-state index contributed by atoms with van der Waals surface area (Å²) in [4.78, 5) is 25.9. The van der Waals surface area contributed by atoms with Crippen LogP contribution in [-0.2, 0) is 16.1 Å². The van der Waals surface area contributed by atoms with E-state index in [1.54, 1.807) is 0 Å². The number of benzene rings is 1. The number of aliphatic carboxylic acids is 1. The molecule has 1 N–H and O–H groups in total. The van der Waals surface area contributed by atoms with Crippen LogP contribution in [0.4, 0.5) is 13.2 Å². The van der Waals surface area contributed by atoms with Gasteiger partial charge in [-0.3, -0.25) is 9.69 Å². The van der Waals surface area contributed by atoms with E-state index in [0.717, 1.165) is 32.5 Å². The standard InChI is InChI=1S/C21H30N2O.C2HF3O2/c1-17-2-4-18(5-3-17)16-22-12-8-21(9-13-22)10-14-23(15-11-21)20(24)19-6-7-19;3-2(4,5)1(6)7/h2-5,19H,6-16H2,1H3;(H,6,7). The van der Waals surface area contributed by atoms with Gasteiger partial charge in [-0.1, -0.05) is 29.8 Å². The van der Waals surface area contributed by atoms with E-state index in [0.29, 0.717) is 17.2 Å². The smallest absolute Gasteiger partial charge is 0.475 e. The number of alkyl halides is 3. The Hall–Kier alpha value is -2.09. The van der Waals surface area contributed by atoms with E-state index >= 15 is 0 Å². The van der Waals surface area contributed by atoms with Gasteiger partial charge < -0.3 is 10.0 Å². The number of halogens is 3. The summed E-state index contributed by atoms with van der Waals surface area (Å²) in [5.74, 6) is -1.93. The molecule has 8 heteroatoms. The first-order valence-electron chi connectivity index (χ1n) is 10.9. The first-order valence-corrected chi connectivity index (χ1v) is 10.9. The summed E-state index contributed by atoms with van der Waals surface area (Å²) in [6, 6.07) is 8.96. The summed E-state index contributed by atoms with van der Waals surface area (Å²) in [5, 5.41) is 7.12. The third-order valence-electron chi connectivity index (χ3n) is 6.75. The fraction of sp³-hybridized carbons (Fsp3) is 0.652. The second-order valence-electron chi connectivity index (χ2n) is 9.16. The van der Waals surface area contributed by atoms with Crippen LogP contribution < -0.4 is 0 Å². The Morgan fingerprint density at radius 3 is 1.94 bits per heavy atom. The van der Waals surface area contributed by atoms with Gasteiger partial charge in [0.15, 0.2) is 0 Å². The number of carbonyl (C=O) groups is 2. The van der Waals surface area contributed by atoms with Gasteiger partial charge >= 0.3 is 12.1 Å². The fourth-order valence-electron chi connectivity index (χ4n) is 4.43. The molecule has 0 radical (unpaired) electrons. The van der Waals surface area contributed by atoms with Gasteiger partial charge in [0.1, 0.15) is 0 Å². The van der Waals surface area contributed by atoms with Gasteiger partial charge in [0.2, 0.25) is 5.91 Å². The SMILES string of the molecule is Cc1ccc(CN2CCC3(CC2)CCN(C(=O)C2CC2)CC3)cc1.O=C(O)C(F)(F)F. The first kappa shape index (κ1) is 23.6. The average molecular weight is 441 g/mol. The number of likely N-dealkylation sites (tertiary alicyclic amines) is 2. The predicted octanol–water partition coefficient (Wildman–Crippen LogP) is 4.24. The van der Waals surface area contributed by atoms with Crippen molar-refractivity contribution < 1.29 is 27.9 Å². The molecular formula is C23H31F3N2O3. The molecule has 31 heavy (non-hydrogen) atoms. The number of amides is 1. The molecule has 172 valence electrons. The van der Waals surface area contributed by atoms with Crippen molar-refractivity contribution in [1.29, 1.82) is 0 Å². The van der Waals surface area contributed by atoms with E-state index < -0.39 is 12.1 Å². The number of nitrogens with zero attached hydrogens (tertiary/aromatic N) is 2. The van der Waals surface area contributed by atoms with E-state index in [-0.39, 0.29) is 0 Å². The molecule has 3 aliphatic rings. The van der Waals surface area contributed by atoms with E-state index in [1.165, 1.54) is 49.9 Å². The summed E-state index contributed by atoms with van der Waals surface area (Å²) in [6.45, 7) is 7.67. The van der Waals surface area contributed by atoms with Crippen LogP contribution in [0.25, 0.3) is 0 Å². The molecule has 5 nitrogen and oxygen atoms in total. The van der Waals surface area contributed by atoms with Gasteiger partial charge in [-0.15, -0.1) is 0 Å². The molecule has 0 atom stereocenters. The van der Waals surface area contributed by atoms with Crippen molar-refractivity contribution in [2.24, 2.45) is 11.3 Å². The molecule has 2 aliphatic heterocycles. The molecule has 0 bridgehead atoms. The maximum atomic E-state index is 12.2. The predicted molar refractivity (Wildman–Crippen MR) is 110 cm³/mol. The minimum absolute atomic E-state index is 0.385. The number of carboxylic acids is 1. The van der Waals surface area contributed by atoms with Crippen molar-refractivity contribution in [3.05, 3.63) is 35.4 Å². The number of aryl methyl sites for hydroxylation is 1. The third-order valence-corrected chi connectivity index (χ3v) is 6.75. The van der Waals surface area contributed by atoms with Crippen molar-refractivity contribution in [3.8, 4) is 0 Å². The van der Waals surface area contributed by atoms with Gasteiger partial charge in [0, 0.05) is 25.6 Å². The highest BCUT2D eigenvalue weighted by molar-refractivity contribution is 5.81. The molecule has 0 aromatic heterocycles. The Morgan fingerprint density at radius 2 is 1.48 bits per heavy atom. The van der Waals surface area contributed by atoms with Crippen LogP contribution in [0.15, 0.2) is 24.3 Å². The normalized spacial score (nSPS) is 21.4. The van der Waals surface area contributed by atoms with E-state index in [1.807, 2.05) is 0 Å². The maximum Gasteiger partial charge on any atom is 0.490 e. The van der Waals surface area contributed by atoms with Crippen molar-refractivity contribution in [1.82, 2.24) is 9.80 Å². The quantitative estimate of drug-likeness (QED) is 0.764. The van der Waals surface area contributed by atoms with Gasteiger partial charge in [0.05, 0.1) is 0 Å². The average Bonchev–Trinajstić information content (AvgIpc) is 3.57. The molecule has 1 spiro atoms. The molecule has 2 heterocycles. The summed E-state index contributed by atoms with van der Waals surface area (Å²) < 4.78 is 31.7. The lowest BCUT2D eigenvalue weighted by molar-refractivity contribution is -0.192. The molecule has 1 aromatic rings. The van der Waals surface area contributed by atoms with Crippen LogP contribution in [-0.4, -0.2) is 59.1 Å². The van der Waals surface area contributed by atoms with Gasteiger partial charge in [-0.2, -0.15) is 13.2 Å². The summed E-state index contributed by atoms with van der Waals surface area (Å²) in [7, 11) is 0. The largest absolute Gasteiger partial charge is 0.490 e. The lowest BCUT2D eigenvalue weighted by Gasteiger charge is -2.47. The topological polar surface area (TPSA) is 60.9 Å². The molecule has 1 aromatic carbocycles. The highest BCUT2D eigenvalue weighted by atomic mass is 19.4. The van der Waals surface area contributed by atoms with Crippen LogP contribution in [0, 0.1) is 18.3 Å². The van der Waals surface area contributed by atoms with Crippen LogP contribution in [0.5, 0.6) is 0 Å². The monoisotopic (exact) mass is 440 g/mol. The van der Waals surface area contributed by atoms with Gasteiger partial charge in [-0.25, -0.2) is 4.79 Å². The summed E-state index contributed by atoms with van der Waals surface area (Å²) in [5.41, 5.74) is 3.29. The molecule has 1 saturated carbocycles. The van der Waals surface area contributed by atoms with E-state index in [4.69, 9.17) is 9.90 Å². The zero-order valence-electron chi connectivity index (χ0n) is 18.0. The Morgan fingerprint density at radius 1 is 1.00 bits per heavy atom. The highest BCUT2D eigenvalue weighted by Gasteiger charge is 2.41. The molecule has 4 rings (SSSR count). The van der Waals surface area contributed by atoms with Gasteiger partial charge in [0.25, 0.3) is 0 Å². The number of piperidine rings is 2. The Bertz CT molecular complexity index is 757. The molecular weight excluding hydrogens is 409 g/mol. The lowest BCUT2D eigenvalue weighted by atomic mass is 9.71. The van der Waals surface area contributed by atoms with Crippen LogP contribution in [0.1, 0.15) is 49.7 Å². The number of carbonyl (C=O) groups excluding carboxylic acids is 1. The number of carboxylic acid groups (broad SMARTS) is 1. The zero-order chi connectivity index (χ0) is 22.6. The highest BCUT2D eigenvalue weighted by Crippen LogP contribution is 2.42. The Labute approximate surface area is 181 Å². The Kier molecular flexibility index (Phi) is 7.29. The number of hydrogen-bond donors (Lipinski definition) is 1. The second kappa shape index (κ2) is 9.59. The Balaban J connectivity index is 0.000000339. The third kappa shape index (κ3) is 6.69. The van der Waals surface area contributed by atoms with Crippen LogP contribution in [0.3, 0.4) is 0 Å². The molecule has 0 unspecified atom stereocenters. The van der Waals surface area contributed by atoms with Crippen LogP contribution in [0.2, 0.25) is 0 Å². The van der Waals surface area contributed by atoms with Crippen molar-refractivity contribution in [2.45, 2.75) is 58.2 Å². The minimum Gasteiger partial charge on any atom is -0.475 e. The van der Waals surface area contributed by atoms with Crippen LogP contribution >= 0.6 is 0 Å². The minimum atomic E-state index is -5.08.